The second-order valence-corrected chi connectivity index (χ2v) is 6.79. The number of carbonyl (C=O) groups is 2. The summed E-state index contributed by atoms with van der Waals surface area (Å²) in [5, 5.41) is 5.59. The second-order valence-electron chi connectivity index (χ2n) is 6.79. The van der Waals surface area contributed by atoms with Crippen molar-refractivity contribution in [1.29, 1.82) is 0 Å². The van der Waals surface area contributed by atoms with Gasteiger partial charge in [0.15, 0.2) is 0 Å². The van der Waals surface area contributed by atoms with Crippen molar-refractivity contribution in [3.8, 4) is 5.75 Å². The van der Waals surface area contributed by atoms with Crippen LogP contribution in [0.5, 0.6) is 5.75 Å². The van der Waals surface area contributed by atoms with Gasteiger partial charge in [0.05, 0.1) is 13.2 Å². The van der Waals surface area contributed by atoms with Crippen molar-refractivity contribution in [1.82, 2.24) is 15.5 Å². The fourth-order valence-corrected chi connectivity index (χ4v) is 3.29. The van der Waals surface area contributed by atoms with E-state index in [0.29, 0.717) is 12.1 Å². The molecular formula is C24H31N3O3. The van der Waals surface area contributed by atoms with Crippen molar-refractivity contribution < 1.29 is 14.3 Å². The van der Waals surface area contributed by atoms with Gasteiger partial charge in [-0.3, -0.25) is 14.5 Å². The summed E-state index contributed by atoms with van der Waals surface area (Å²) in [6.45, 7) is 6.47. The Bertz CT molecular complexity index is 858. The van der Waals surface area contributed by atoms with E-state index in [1.165, 1.54) is 6.08 Å². The predicted octanol–water partition coefficient (Wildman–Crippen LogP) is 3.27. The van der Waals surface area contributed by atoms with Crippen LogP contribution < -0.4 is 15.4 Å². The number of hydrogen-bond donors (Lipinski definition) is 2. The first-order valence-corrected chi connectivity index (χ1v) is 10.2. The summed E-state index contributed by atoms with van der Waals surface area (Å²) in [4.78, 5) is 26.3. The summed E-state index contributed by atoms with van der Waals surface area (Å²) >= 11 is 0. The highest BCUT2D eigenvalue weighted by Gasteiger charge is 2.19. The molecule has 160 valence electrons. The van der Waals surface area contributed by atoms with E-state index in [2.05, 4.69) is 35.4 Å². The molecule has 2 N–H and O–H groups in total. The molecule has 0 aliphatic carbocycles. The van der Waals surface area contributed by atoms with Gasteiger partial charge in [0, 0.05) is 25.2 Å². The molecule has 0 saturated carbocycles. The number of benzene rings is 2. The zero-order valence-electron chi connectivity index (χ0n) is 18.1. The van der Waals surface area contributed by atoms with E-state index < -0.39 is 0 Å². The number of nitrogens with one attached hydrogen (secondary N) is 2. The van der Waals surface area contributed by atoms with Gasteiger partial charge in [0.2, 0.25) is 5.91 Å². The molecular weight excluding hydrogens is 378 g/mol. The molecule has 2 aromatic rings. The predicted molar refractivity (Wildman–Crippen MR) is 121 cm³/mol. The molecule has 0 fully saturated rings. The molecule has 1 unspecified atom stereocenters. The lowest BCUT2D eigenvalue weighted by Gasteiger charge is -2.30. The Morgan fingerprint density at radius 2 is 1.80 bits per heavy atom. The maximum atomic E-state index is 12.4. The van der Waals surface area contributed by atoms with Crippen molar-refractivity contribution in [3.05, 3.63) is 71.3 Å². The van der Waals surface area contributed by atoms with Gasteiger partial charge in [-0.15, -0.1) is 0 Å². The maximum absolute atomic E-state index is 12.4. The lowest BCUT2D eigenvalue weighted by Crippen LogP contribution is -2.37. The van der Waals surface area contributed by atoms with Crippen molar-refractivity contribution in [2.24, 2.45) is 0 Å². The largest absolute Gasteiger partial charge is 0.497 e. The van der Waals surface area contributed by atoms with E-state index >= 15 is 0 Å². The Balaban J connectivity index is 2.04. The first-order valence-electron chi connectivity index (χ1n) is 10.2. The van der Waals surface area contributed by atoms with E-state index in [-0.39, 0.29) is 17.9 Å². The Labute approximate surface area is 178 Å². The molecule has 0 saturated heterocycles. The first-order chi connectivity index (χ1) is 14.5. The Kier molecular flexibility index (Phi) is 9.09. The van der Waals surface area contributed by atoms with Gasteiger partial charge in [-0.25, -0.2) is 0 Å². The molecule has 2 rings (SSSR count). The van der Waals surface area contributed by atoms with Crippen molar-refractivity contribution in [2.45, 2.75) is 19.9 Å². The summed E-state index contributed by atoms with van der Waals surface area (Å²) in [5.41, 5.74) is 2.54. The van der Waals surface area contributed by atoms with Crippen LogP contribution in [0.4, 0.5) is 0 Å². The molecule has 0 aliphatic rings. The van der Waals surface area contributed by atoms with Gasteiger partial charge in [0.25, 0.3) is 5.91 Å². The van der Waals surface area contributed by atoms with Crippen LogP contribution in [0.2, 0.25) is 0 Å². The zero-order chi connectivity index (χ0) is 21.9. The Morgan fingerprint density at radius 1 is 1.10 bits per heavy atom. The summed E-state index contributed by atoms with van der Waals surface area (Å²) in [5.74, 6) is 0.504. The van der Waals surface area contributed by atoms with Crippen LogP contribution in [0.1, 0.15) is 41.4 Å². The normalized spacial score (nSPS) is 12.0. The SMILES string of the molecule is CCN(CC)C(CNC(=O)/C=C/c1ccc(C(=O)NC)cc1)c1cccc(OC)c1. The molecule has 1 atom stereocenters. The second kappa shape index (κ2) is 11.8. The van der Waals surface area contributed by atoms with Gasteiger partial charge in [0.1, 0.15) is 5.75 Å². The number of methoxy groups -OCH3 is 1. The molecule has 6 nitrogen and oxygen atoms in total. The highest BCUT2D eigenvalue weighted by molar-refractivity contribution is 5.94. The molecule has 0 spiro atoms. The number of hydrogen-bond acceptors (Lipinski definition) is 4. The average Bonchev–Trinajstić information content (AvgIpc) is 2.80. The van der Waals surface area contributed by atoms with Crippen LogP contribution in [0.15, 0.2) is 54.6 Å². The third-order valence-corrected chi connectivity index (χ3v) is 5.03. The van der Waals surface area contributed by atoms with Gasteiger partial charge in [-0.2, -0.15) is 0 Å². The average molecular weight is 410 g/mol. The number of ether oxygens (including phenoxy) is 1. The van der Waals surface area contributed by atoms with E-state index in [1.807, 2.05) is 30.3 Å². The first kappa shape index (κ1) is 23.2. The lowest BCUT2D eigenvalue weighted by molar-refractivity contribution is -0.116. The molecule has 2 amide bonds. The number of rotatable bonds is 10. The number of amides is 2. The summed E-state index contributed by atoms with van der Waals surface area (Å²) in [6, 6.07) is 15.1. The molecule has 0 bridgehead atoms. The Morgan fingerprint density at radius 3 is 2.40 bits per heavy atom. The molecule has 0 aliphatic heterocycles. The Hall–Kier alpha value is -3.12. The fraction of sp³-hybridized carbons (Fsp3) is 0.333. The van der Waals surface area contributed by atoms with E-state index in [0.717, 1.165) is 30.0 Å². The van der Waals surface area contributed by atoms with Gasteiger partial charge >= 0.3 is 0 Å². The van der Waals surface area contributed by atoms with Crippen LogP contribution in [0.3, 0.4) is 0 Å². The molecule has 0 heterocycles. The number of nitrogens with zero attached hydrogens (tertiary/aromatic N) is 1. The van der Waals surface area contributed by atoms with E-state index in [9.17, 15) is 9.59 Å². The molecule has 0 radical (unpaired) electrons. The van der Waals surface area contributed by atoms with E-state index in [1.54, 1.807) is 32.4 Å². The molecule has 6 heteroatoms. The summed E-state index contributed by atoms with van der Waals surface area (Å²) < 4.78 is 5.35. The van der Waals surface area contributed by atoms with Gasteiger partial charge in [-0.05, 0) is 54.6 Å². The zero-order valence-corrected chi connectivity index (χ0v) is 18.1. The molecule has 2 aromatic carbocycles. The summed E-state index contributed by atoms with van der Waals surface area (Å²) in [6.07, 6.45) is 3.25. The lowest BCUT2D eigenvalue weighted by atomic mass is 10.0. The minimum absolute atomic E-state index is 0.0549. The maximum Gasteiger partial charge on any atom is 0.251 e. The minimum atomic E-state index is -0.162. The molecule has 30 heavy (non-hydrogen) atoms. The number of likely N-dealkylation sites (N-methyl/N-ethyl adjacent to an activating group) is 1. The molecule has 0 aromatic heterocycles. The topological polar surface area (TPSA) is 70.7 Å². The van der Waals surface area contributed by atoms with Gasteiger partial charge < -0.3 is 15.4 Å². The number of carbonyl (C=O) groups excluding carboxylic acids is 2. The summed E-state index contributed by atoms with van der Waals surface area (Å²) in [7, 11) is 3.25. The smallest absolute Gasteiger partial charge is 0.251 e. The van der Waals surface area contributed by atoms with Crippen LogP contribution >= 0.6 is 0 Å². The van der Waals surface area contributed by atoms with Crippen LogP contribution in [0, 0.1) is 0 Å². The van der Waals surface area contributed by atoms with Crippen molar-refractivity contribution in [2.75, 3.05) is 33.8 Å². The standard InChI is InChI=1S/C24H31N3O3/c1-5-27(6-2)22(20-8-7-9-21(16-20)30-4)17-26-23(28)15-12-18-10-13-19(14-11-18)24(29)25-3/h7-16,22H,5-6,17H2,1-4H3,(H,25,29)(H,26,28)/b15-12+. The van der Waals surface area contributed by atoms with Crippen molar-refractivity contribution in [3.63, 3.8) is 0 Å². The fourth-order valence-electron chi connectivity index (χ4n) is 3.29. The highest BCUT2D eigenvalue weighted by atomic mass is 16.5. The monoisotopic (exact) mass is 409 g/mol. The van der Waals surface area contributed by atoms with Crippen LogP contribution in [0.25, 0.3) is 6.08 Å². The van der Waals surface area contributed by atoms with E-state index in [4.69, 9.17) is 4.74 Å². The van der Waals surface area contributed by atoms with Gasteiger partial charge in [-0.1, -0.05) is 38.1 Å². The quantitative estimate of drug-likeness (QED) is 0.591. The van der Waals surface area contributed by atoms with Crippen molar-refractivity contribution >= 4 is 17.9 Å². The third-order valence-electron chi connectivity index (χ3n) is 5.03. The third kappa shape index (κ3) is 6.46. The highest BCUT2D eigenvalue weighted by Crippen LogP contribution is 2.23. The van der Waals surface area contributed by atoms with Crippen LogP contribution in [-0.4, -0.2) is 50.5 Å². The minimum Gasteiger partial charge on any atom is -0.497 e. The van der Waals surface area contributed by atoms with Crippen LogP contribution in [-0.2, 0) is 4.79 Å².